The zero-order valence-electron chi connectivity index (χ0n) is 22.8. The number of piperazine rings is 1. The van der Waals surface area contributed by atoms with Gasteiger partial charge in [-0.2, -0.15) is 5.10 Å². The minimum atomic E-state index is -0.324. The van der Waals surface area contributed by atoms with Crippen LogP contribution < -0.4 is 15.5 Å². The van der Waals surface area contributed by atoms with Crippen molar-refractivity contribution in [2.75, 3.05) is 41.7 Å². The number of anilines is 3. The first-order chi connectivity index (χ1) is 18.2. The predicted molar refractivity (Wildman–Crippen MR) is 152 cm³/mol. The van der Waals surface area contributed by atoms with Crippen LogP contribution >= 0.6 is 0 Å². The van der Waals surface area contributed by atoms with Crippen molar-refractivity contribution in [1.82, 2.24) is 14.7 Å². The Labute approximate surface area is 225 Å². The van der Waals surface area contributed by atoms with Gasteiger partial charge in [0.05, 0.1) is 11.4 Å². The maximum atomic E-state index is 12.9. The number of carbonyl (C=O) groups excluding carboxylic acids is 2. The summed E-state index contributed by atoms with van der Waals surface area (Å²) in [4.78, 5) is 29.8. The largest absolute Gasteiger partial charge is 0.368 e. The van der Waals surface area contributed by atoms with Crippen molar-refractivity contribution in [3.05, 3.63) is 65.9 Å². The van der Waals surface area contributed by atoms with E-state index in [1.54, 1.807) is 4.68 Å². The molecule has 3 aromatic rings. The van der Waals surface area contributed by atoms with Gasteiger partial charge in [0.1, 0.15) is 5.82 Å². The average molecular weight is 515 g/mol. The molecule has 2 N–H and O–H groups in total. The van der Waals surface area contributed by atoms with Gasteiger partial charge in [0, 0.05) is 55.0 Å². The highest BCUT2D eigenvalue weighted by atomic mass is 16.2. The summed E-state index contributed by atoms with van der Waals surface area (Å²) in [5.41, 5.74) is 4.60. The second-order valence-electron chi connectivity index (χ2n) is 11.5. The number of urea groups is 1. The Kier molecular flexibility index (Phi) is 7.15. The number of hydrogen-bond donors (Lipinski definition) is 2. The lowest BCUT2D eigenvalue weighted by Crippen LogP contribution is -2.51. The lowest BCUT2D eigenvalue weighted by Gasteiger charge is -2.39. The van der Waals surface area contributed by atoms with E-state index in [0.717, 1.165) is 61.7 Å². The van der Waals surface area contributed by atoms with Crippen LogP contribution in [0, 0.1) is 12.8 Å². The Bertz CT molecular complexity index is 1280. The van der Waals surface area contributed by atoms with Crippen molar-refractivity contribution < 1.29 is 9.59 Å². The van der Waals surface area contributed by atoms with Crippen molar-refractivity contribution in [1.29, 1.82) is 0 Å². The Morgan fingerprint density at radius 1 is 0.868 bits per heavy atom. The van der Waals surface area contributed by atoms with E-state index in [0.29, 0.717) is 17.4 Å². The first-order valence-corrected chi connectivity index (χ1v) is 13.6. The van der Waals surface area contributed by atoms with Crippen molar-refractivity contribution in [3.63, 3.8) is 0 Å². The van der Waals surface area contributed by atoms with Gasteiger partial charge in [0.2, 0.25) is 5.91 Å². The van der Waals surface area contributed by atoms with Crippen molar-refractivity contribution in [2.24, 2.45) is 5.92 Å². The normalized spacial score (nSPS) is 16.2. The van der Waals surface area contributed by atoms with Gasteiger partial charge in [-0.3, -0.25) is 10.1 Å². The number of hydrogen-bond acceptors (Lipinski definition) is 4. The fraction of sp³-hybridized carbons (Fsp3) is 0.433. The van der Waals surface area contributed by atoms with Crippen LogP contribution in [0.4, 0.5) is 22.0 Å². The van der Waals surface area contributed by atoms with Crippen molar-refractivity contribution >= 4 is 29.1 Å². The minimum absolute atomic E-state index is 0.158. The molecule has 2 heterocycles. The van der Waals surface area contributed by atoms with E-state index in [1.165, 1.54) is 6.42 Å². The summed E-state index contributed by atoms with van der Waals surface area (Å²) in [5, 5.41) is 10.7. The number of rotatable bonds is 5. The molecule has 3 amide bonds. The number of aryl methyl sites for hydroxylation is 1. The zero-order chi connectivity index (χ0) is 26.9. The molecule has 1 aliphatic carbocycles. The maximum absolute atomic E-state index is 12.9. The van der Waals surface area contributed by atoms with E-state index >= 15 is 0 Å². The van der Waals surface area contributed by atoms with E-state index in [-0.39, 0.29) is 17.4 Å². The highest BCUT2D eigenvalue weighted by Gasteiger charge is 2.31. The highest BCUT2D eigenvalue weighted by Crippen LogP contribution is 2.29. The number of aromatic nitrogens is 2. The second-order valence-corrected chi connectivity index (χ2v) is 11.5. The second kappa shape index (κ2) is 10.5. The van der Waals surface area contributed by atoms with Gasteiger partial charge < -0.3 is 15.1 Å². The molecular weight excluding hydrogens is 476 g/mol. The molecule has 0 spiro atoms. The van der Waals surface area contributed by atoms with Gasteiger partial charge in [-0.1, -0.05) is 44.9 Å². The third kappa shape index (κ3) is 5.69. The monoisotopic (exact) mass is 514 g/mol. The quantitative estimate of drug-likeness (QED) is 0.466. The number of amides is 3. The van der Waals surface area contributed by atoms with E-state index in [2.05, 4.69) is 36.3 Å². The van der Waals surface area contributed by atoms with Gasteiger partial charge in [0.25, 0.3) is 0 Å². The molecule has 200 valence electrons. The first-order valence-electron chi connectivity index (χ1n) is 13.6. The summed E-state index contributed by atoms with van der Waals surface area (Å²) in [7, 11) is 0. The molecule has 2 aliphatic rings. The summed E-state index contributed by atoms with van der Waals surface area (Å²) in [6.45, 7) is 11.5. The minimum Gasteiger partial charge on any atom is -0.368 e. The van der Waals surface area contributed by atoms with Gasteiger partial charge >= 0.3 is 6.03 Å². The molecule has 2 aromatic carbocycles. The van der Waals surface area contributed by atoms with Crippen LogP contribution in [-0.4, -0.2) is 52.8 Å². The van der Waals surface area contributed by atoms with Crippen LogP contribution in [-0.2, 0) is 10.2 Å². The smallest absolute Gasteiger partial charge is 0.324 e. The topological polar surface area (TPSA) is 82.5 Å². The van der Waals surface area contributed by atoms with Crippen LogP contribution in [0.25, 0.3) is 5.69 Å². The lowest BCUT2D eigenvalue weighted by atomic mass is 9.84. The summed E-state index contributed by atoms with van der Waals surface area (Å²) >= 11 is 0. The first kappa shape index (κ1) is 25.8. The summed E-state index contributed by atoms with van der Waals surface area (Å²) in [6, 6.07) is 17.5. The predicted octanol–water partition coefficient (Wildman–Crippen LogP) is 5.57. The standard InChI is InChI=1S/C30H38N6O2/c1-21-8-12-25(13-9-21)36-27(20-26(33-36)30(2,3)4)32-29(38)31-23-10-14-24(15-11-23)34-16-18-35(19-17-34)28(37)22-6-5-7-22/h8-15,20,22H,5-7,16-19H2,1-4H3,(H2,31,32,38). The Balaban J connectivity index is 1.21. The molecule has 0 bridgehead atoms. The zero-order valence-corrected chi connectivity index (χ0v) is 22.8. The lowest BCUT2D eigenvalue weighted by molar-refractivity contribution is -0.138. The highest BCUT2D eigenvalue weighted by molar-refractivity contribution is 5.99. The average Bonchev–Trinajstić information content (AvgIpc) is 3.28. The van der Waals surface area contributed by atoms with E-state index in [4.69, 9.17) is 5.10 Å². The van der Waals surface area contributed by atoms with Crippen molar-refractivity contribution in [2.45, 2.75) is 52.4 Å². The molecule has 1 saturated carbocycles. The van der Waals surface area contributed by atoms with Crippen LogP contribution in [0.5, 0.6) is 0 Å². The molecule has 2 fully saturated rings. The third-order valence-corrected chi connectivity index (χ3v) is 7.53. The molecule has 38 heavy (non-hydrogen) atoms. The SMILES string of the molecule is Cc1ccc(-n2nc(C(C)(C)C)cc2NC(=O)Nc2ccc(N3CCN(C(=O)C4CCC4)CC3)cc2)cc1. The molecule has 0 atom stereocenters. The summed E-state index contributed by atoms with van der Waals surface area (Å²) in [5.74, 6) is 1.20. The molecule has 1 saturated heterocycles. The number of benzene rings is 2. The molecule has 5 rings (SSSR count). The molecule has 1 aliphatic heterocycles. The number of nitrogens with one attached hydrogen (secondary N) is 2. The van der Waals surface area contributed by atoms with Crippen molar-refractivity contribution in [3.8, 4) is 5.69 Å². The summed E-state index contributed by atoms with van der Waals surface area (Å²) in [6.07, 6.45) is 3.28. The van der Waals surface area contributed by atoms with Crippen LogP contribution in [0.2, 0.25) is 0 Å². The molecule has 0 radical (unpaired) electrons. The Hall–Kier alpha value is -3.81. The van der Waals surface area contributed by atoms with Gasteiger partial charge in [-0.25, -0.2) is 9.48 Å². The fourth-order valence-electron chi connectivity index (χ4n) is 4.85. The maximum Gasteiger partial charge on any atom is 0.324 e. The number of carbonyl (C=O) groups is 2. The molecule has 0 unspecified atom stereocenters. The summed E-state index contributed by atoms with van der Waals surface area (Å²) < 4.78 is 1.78. The molecule has 1 aromatic heterocycles. The van der Waals surface area contributed by atoms with Crippen LogP contribution in [0.1, 0.15) is 51.3 Å². The van der Waals surface area contributed by atoms with E-state index in [9.17, 15) is 9.59 Å². The number of nitrogens with zero attached hydrogens (tertiary/aromatic N) is 4. The molecular formula is C30H38N6O2. The van der Waals surface area contributed by atoms with Gasteiger partial charge in [-0.05, 0) is 56.2 Å². The third-order valence-electron chi connectivity index (χ3n) is 7.53. The molecule has 8 nitrogen and oxygen atoms in total. The van der Waals surface area contributed by atoms with E-state index < -0.39 is 0 Å². The van der Waals surface area contributed by atoms with E-state index in [1.807, 2.05) is 66.4 Å². The Morgan fingerprint density at radius 3 is 2.08 bits per heavy atom. The van der Waals surface area contributed by atoms with Gasteiger partial charge in [-0.15, -0.1) is 0 Å². The van der Waals surface area contributed by atoms with Crippen LogP contribution in [0.3, 0.4) is 0 Å². The van der Waals surface area contributed by atoms with Gasteiger partial charge in [0.15, 0.2) is 0 Å². The fourth-order valence-corrected chi connectivity index (χ4v) is 4.85. The molecule has 8 heteroatoms. The van der Waals surface area contributed by atoms with Crippen LogP contribution in [0.15, 0.2) is 54.6 Å². The Morgan fingerprint density at radius 2 is 1.50 bits per heavy atom.